The number of hydrogen-bond donors (Lipinski definition) is 2. The van der Waals surface area contributed by atoms with Crippen LogP contribution in [-0.4, -0.2) is 34.1 Å². The van der Waals surface area contributed by atoms with Crippen LogP contribution < -0.4 is 10.6 Å². The summed E-state index contributed by atoms with van der Waals surface area (Å²) in [4.78, 5) is 10.7. The zero-order valence-corrected chi connectivity index (χ0v) is 10.4. The van der Waals surface area contributed by atoms with Gasteiger partial charge >= 0.3 is 0 Å². The summed E-state index contributed by atoms with van der Waals surface area (Å²) in [7, 11) is 0. The van der Waals surface area contributed by atoms with Gasteiger partial charge in [-0.15, -0.1) is 0 Å². The van der Waals surface area contributed by atoms with Crippen LogP contribution in [0, 0.1) is 0 Å². The smallest absolute Gasteiger partial charge is 0.192 e. The first-order chi connectivity index (χ1) is 8.83. The quantitative estimate of drug-likeness (QED) is 0.357. The highest BCUT2D eigenvalue weighted by Gasteiger charge is 2.17. The second kappa shape index (κ2) is 6.18. The molecule has 6 nitrogen and oxygen atoms in total. The number of rotatable bonds is 2. The predicted octanol–water partition coefficient (Wildman–Crippen LogP) is 1.34. The lowest BCUT2D eigenvalue weighted by molar-refractivity contribution is 0.318. The van der Waals surface area contributed by atoms with Crippen LogP contribution in [0.1, 0.15) is 37.8 Å². The van der Waals surface area contributed by atoms with E-state index in [9.17, 15) is 0 Å². The van der Waals surface area contributed by atoms with Crippen LogP contribution in [-0.2, 0) is 0 Å². The van der Waals surface area contributed by atoms with Crippen molar-refractivity contribution in [3.63, 3.8) is 0 Å². The van der Waals surface area contributed by atoms with Crippen molar-refractivity contribution >= 4 is 11.7 Å². The van der Waals surface area contributed by atoms with E-state index in [1.54, 1.807) is 12.4 Å². The highest BCUT2D eigenvalue weighted by Crippen LogP contribution is 2.19. The molecule has 1 fully saturated rings. The molecule has 0 unspecified atom stereocenters. The average Bonchev–Trinajstić information content (AvgIpc) is 2.38. The molecule has 1 aromatic heterocycles. The molecule has 1 aromatic rings. The monoisotopic (exact) mass is 249 g/mol. The van der Waals surface area contributed by atoms with Crippen molar-refractivity contribution in [2.45, 2.75) is 32.1 Å². The summed E-state index contributed by atoms with van der Waals surface area (Å²) in [5.74, 6) is 0.731. The largest absolute Gasteiger partial charge is 0.409 e. The van der Waals surface area contributed by atoms with E-state index in [2.05, 4.69) is 20.0 Å². The van der Waals surface area contributed by atoms with Crippen LogP contribution in [0.25, 0.3) is 0 Å². The van der Waals surface area contributed by atoms with Gasteiger partial charge in [-0.3, -0.25) is 0 Å². The van der Waals surface area contributed by atoms with Crippen LogP contribution in [0.15, 0.2) is 17.5 Å². The van der Waals surface area contributed by atoms with Gasteiger partial charge < -0.3 is 15.8 Å². The summed E-state index contributed by atoms with van der Waals surface area (Å²) in [6.07, 6.45) is 9.29. The highest BCUT2D eigenvalue weighted by molar-refractivity contribution is 5.99. The minimum Gasteiger partial charge on any atom is -0.409 e. The fourth-order valence-electron chi connectivity index (χ4n) is 2.25. The van der Waals surface area contributed by atoms with Crippen LogP contribution in [0.3, 0.4) is 0 Å². The molecule has 3 N–H and O–H groups in total. The number of nitrogens with zero attached hydrogens (tertiary/aromatic N) is 4. The Bertz CT molecular complexity index is 413. The molecule has 6 heteroatoms. The molecule has 2 rings (SSSR count). The normalized spacial score (nSPS) is 18.2. The molecule has 0 saturated carbocycles. The lowest BCUT2D eigenvalue weighted by atomic mass is 10.1. The van der Waals surface area contributed by atoms with Gasteiger partial charge in [0.05, 0.1) is 0 Å². The Morgan fingerprint density at radius 1 is 1.11 bits per heavy atom. The van der Waals surface area contributed by atoms with E-state index >= 15 is 0 Å². The minimum absolute atomic E-state index is 0.0140. The third-order valence-electron chi connectivity index (χ3n) is 3.18. The SMILES string of the molecule is N/C(=N\O)c1nccnc1N1CCCCCCC1. The number of oxime groups is 1. The zero-order chi connectivity index (χ0) is 12.8. The molecule has 0 aliphatic carbocycles. The molecule has 0 bridgehead atoms. The van der Waals surface area contributed by atoms with E-state index in [4.69, 9.17) is 10.9 Å². The van der Waals surface area contributed by atoms with E-state index in [1.807, 2.05) is 0 Å². The lowest BCUT2D eigenvalue weighted by Crippen LogP contribution is -2.31. The predicted molar refractivity (Wildman–Crippen MR) is 69.8 cm³/mol. The summed E-state index contributed by atoms with van der Waals surface area (Å²) < 4.78 is 0. The van der Waals surface area contributed by atoms with Gasteiger partial charge in [-0.2, -0.15) is 0 Å². The Balaban J connectivity index is 2.25. The summed E-state index contributed by atoms with van der Waals surface area (Å²) >= 11 is 0. The molecular formula is C12H19N5O. The van der Waals surface area contributed by atoms with Gasteiger partial charge in [0.25, 0.3) is 0 Å². The summed E-state index contributed by atoms with van der Waals surface area (Å²) in [5, 5.41) is 11.8. The molecule has 1 saturated heterocycles. The molecule has 0 radical (unpaired) electrons. The number of aromatic nitrogens is 2. The Morgan fingerprint density at radius 2 is 1.72 bits per heavy atom. The van der Waals surface area contributed by atoms with Crippen molar-refractivity contribution in [1.29, 1.82) is 0 Å². The van der Waals surface area contributed by atoms with Gasteiger partial charge in [0.2, 0.25) is 0 Å². The second-order valence-electron chi connectivity index (χ2n) is 4.47. The molecule has 0 aromatic carbocycles. The lowest BCUT2D eigenvalue weighted by Gasteiger charge is -2.26. The van der Waals surface area contributed by atoms with Crippen molar-refractivity contribution in [3.05, 3.63) is 18.1 Å². The Kier molecular flexibility index (Phi) is 4.33. The van der Waals surface area contributed by atoms with E-state index in [1.165, 1.54) is 19.3 Å². The molecule has 98 valence electrons. The third kappa shape index (κ3) is 2.88. The fourth-order valence-corrected chi connectivity index (χ4v) is 2.25. The summed E-state index contributed by atoms with van der Waals surface area (Å²) in [6.45, 7) is 1.90. The summed E-state index contributed by atoms with van der Waals surface area (Å²) in [6, 6.07) is 0. The maximum absolute atomic E-state index is 8.79. The average molecular weight is 249 g/mol. The van der Waals surface area contributed by atoms with Gasteiger partial charge in [0, 0.05) is 25.5 Å². The molecular weight excluding hydrogens is 230 g/mol. The fraction of sp³-hybridized carbons (Fsp3) is 0.583. The molecule has 18 heavy (non-hydrogen) atoms. The number of anilines is 1. The van der Waals surface area contributed by atoms with Gasteiger partial charge in [-0.05, 0) is 12.8 Å². The maximum Gasteiger partial charge on any atom is 0.192 e. The molecule has 1 aliphatic heterocycles. The van der Waals surface area contributed by atoms with Crippen LogP contribution in [0.2, 0.25) is 0 Å². The molecule has 0 atom stereocenters. The Labute approximate surface area is 107 Å². The number of hydrogen-bond acceptors (Lipinski definition) is 5. The number of nitrogens with two attached hydrogens (primary N) is 1. The molecule has 0 spiro atoms. The van der Waals surface area contributed by atoms with E-state index in [-0.39, 0.29) is 5.84 Å². The van der Waals surface area contributed by atoms with Crippen LogP contribution in [0.4, 0.5) is 5.82 Å². The molecule has 2 heterocycles. The van der Waals surface area contributed by atoms with Crippen molar-refractivity contribution in [2.75, 3.05) is 18.0 Å². The van der Waals surface area contributed by atoms with Gasteiger partial charge in [-0.1, -0.05) is 24.4 Å². The highest BCUT2D eigenvalue weighted by atomic mass is 16.4. The summed E-state index contributed by atoms with van der Waals surface area (Å²) in [5.41, 5.74) is 6.10. The van der Waals surface area contributed by atoms with Gasteiger partial charge in [0.1, 0.15) is 0 Å². The van der Waals surface area contributed by atoms with Crippen molar-refractivity contribution in [1.82, 2.24) is 9.97 Å². The first-order valence-electron chi connectivity index (χ1n) is 6.37. The molecule has 1 aliphatic rings. The van der Waals surface area contributed by atoms with E-state index < -0.39 is 0 Å². The van der Waals surface area contributed by atoms with Crippen LogP contribution in [0.5, 0.6) is 0 Å². The first kappa shape index (κ1) is 12.6. The Hall–Kier alpha value is -1.85. The standard InChI is InChI=1S/C12H19N5O/c13-11(16-18)10-12(15-7-6-14-10)17-8-4-2-1-3-5-9-17/h6-7,18H,1-5,8-9H2,(H2,13,16). The number of amidine groups is 1. The third-order valence-corrected chi connectivity index (χ3v) is 3.18. The first-order valence-corrected chi connectivity index (χ1v) is 6.37. The molecule has 0 amide bonds. The van der Waals surface area contributed by atoms with Gasteiger partial charge in [0.15, 0.2) is 17.3 Å². The Morgan fingerprint density at radius 3 is 2.39 bits per heavy atom. The van der Waals surface area contributed by atoms with Crippen molar-refractivity contribution in [3.8, 4) is 0 Å². The zero-order valence-electron chi connectivity index (χ0n) is 10.4. The van der Waals surface area contributed by atoms with E-state index in [0.717, 1.165) is 31.7 Å². The minimum atomic E-state index is 0.0140. The van der Waals surface area contributed by atoms with Crippen LogP contribution >= 0.6 is 0 Å². The van der Waals surface area contributed by atoms with Crippen molar-refractivity contribution < 1.29 is 5.21 Å². The maximum atomic E-state index is 8.79. The van der Waals surface area contributed by atoms with E-state index in [0.29, 0.717) is 5.69 Å². The topological polar surface area (TPSA) is 87.6 Å². The van der Waals surface area contributed by atoms with Crippen molar-refractivity contribution in [2.24, 2.45) is 10.9 Å². The second-order valence-corrected chi connectivity index (χ2v) is 4.47. The van der Waals surface area contributed by atoms with Gasteiger partial charge in [-0.25, -0.2) is 9.97 Å².